The van der Waals surface area contributed by atoms with Crippen molar-refractivity contribution in [3.8, 4) is 0 Å². The van der Waals surface area contributed by atoms with Gasteiger partial charge in [-0.05, 0) is 49.6 Å². The maximum Gasteiger partial charge on any atom is 0.282 e. The predicted molar refractivity (Wildman–Crippen MR) is 118 cm³/mol. The van der Waals surface area contributed by atoms with E-state index in [9.17, 15) is 9.59 Å². The zero-order valence-corrected chi connectivity index (χ0v) is 17.6. The van der Waals surface area contributed by atoms with Gasteiger partial charge in [-0.15, -0.1) is 11.3 Å². The summed E-state index contributed by atoms with van der Waals surface area (Å²) in [6, 6.07) is 19.5. The molecule has 0 fully saturated rings. The van der Waals surface area contributed by atoms with Crippen LogP contribution in [0.3, 0.4) is 0 Å². The molecule has 6 heteroatoms. The summed E-state index contributed by atoms with van der Waals surface area (Å²) in [7, 11) is 0. The molecule has 0 aliphatic heterocycles. The first-order chi connectivity index (χ1) is 13.9. The van der Waals surface area contributed by atoms with Gasteiger partial charge in [-0.1, -0.05) is 35.9 Å². The van der Waals surface area contributed by atoms with Gasteiger partial charge in [-0.25, -0.2) is 0 Å². The molecule has 0 saturated heterocycles. The third kappa shape index (κ3) is 5.76. The van der Waals surface area contributed by atoms with Crippen LogP contribution >= 0.6 is 11.3 Å². The van der Waals surface area contributed by atoms with Gasteiger partial charge < -0.3 is 16.0 Å². The van der Waals surface area contributed by atoms with Gasteiger partial charge in [-0.3, -0.25) is 9.59 Å². The first kappa shape index (κ1) is 20.8. The number of hydrogen-bond acceptors (Lipinski definition) is 3. The largest absolute Gasteiger partial charge is 0.326 e. The molecule has 0 unspecified atom stereocenters. The Morgan fingerprint density at radius 1 is 0.931 bits per heavy atom. The van der Waals surface area contributed by atoms with E-state index in [1.165, 1.54) is 22.9 Å². The highest BCUT2D eigenvalue weighted by Gasteiger charge is 2.25. The first-order valence-electron chi connectivity index (χ1n) is 9.56. The number of rotatable bonds is 7. The molecule has 1 aromatic heterocycles. The van der Waals surface area contributed by atoms with E-state index in [2.05, 4.69) is 58.6 Å². The maximum atomic E-state index is 12.8. The van der Waals surface area contributed by atoms with E-state index in [4.69, 9.17) is 0 Å². The fourth-order valence-electron chi connectivity index (χ4n) is 3.08. The first-order valence-corrected chi connectivity index (χ1v) is 10.4. The summed E-state index contributed by atoms with van der Waals surface area (Å²) < 4.78 is 0. The number of nitrogens with one attached hydrogen (secondary N) is 2. The van der Waals surface area contributed by atoms with Crippen LogP contribution in [0.5, 0.6) is 0 Å². The van der Waals surface area contributed by atoms with Crippen LogP contribution in [0.4, 0.5) is 11.4 Å². The molecule has 3 rings (SSSR count). The molecule has 0 spiro atoms. The number of anilines is 2. The van der Waals surface area contributed by atoms with Gasteiger partial charge in [0.25, 0.3) is 5.91 Å². The molecular weight excluding hydrogens is 382 g/mol. The van der Waals surface area contributed by atoms with Crippen molar-refractivity contribution >= 4 is 34.5 Å². The molecule has 2 amide bonds. The Bertz CT molecular complexity index is 951. The van der Waals surface area contributed by atoms with Crippen molar-refractivity contribution in [2.45, 2.75) is 32.9 Å². The molecule has 4 N–H and O–H groups in total. The molecule has 0 radical (unpaired) electrons. The van der Waals surface area contributed by atoms with Crippen molar-refractivity contribution in [1.82, 2.24) is 0 Å². The average Bonchev–Trinajstić information content (AvgIpc) is 3.22. The molecule has 150 valence electrons. The fourth-order valence-corrected chi connectivity index (χ4v) is 3.92. The van der Waals surface area contributed by atoms with E-state index in [1.807, 2.05) is 13.0 Å². The summed E-state index contributed by atoms with van der Waals surface area (Å²) in [5, 5.41) is 9.83. The summed E-state index contributed by atoms with van der Waals surface area (Å²) in [6.07, 6.45) is 0. The molecule has 0 aliphatic carbocycles. The summed E-state index contributed by atoms with van der Waals surface area (Å²) in [5.41, 5.74) is 3.80. The lowest BCUT2D eigenvalue weighted by atomic mass is 10.0. The van der Waals surface area contributed by atoms with E-state index < -0.39 is 0 Å². The molecule has 1 heterocycles. The number of amides is 2. The van der Waals surface area contributed by atoms with Crippen LogP contribution in [-0.4, -0.2) is 17.9 Å². The molecule has 5 nitrogen and oxygen atoms in total. The molecule has 29 heavy (non-hydrogen) atoms. The lowest BCUT2D eigenvalue weighted by Gasteiger charge is -2.19. The Morgan fingerprint density at radius 3 is 2.10 bits per heavy atom. The maximum absolute atomic E-state index is 12.8. The van der Waals surface area contributed by atoms with E-state index in [-0.39, 0.29) is 23.9 Å². The average molecular weight is 409 g/mol. The van der Waals surface area contributed by atoms with Gasteiger partial charge in [0.2, 0.25) is 5.91 Å². The number of hydrogen-bond donors (Lipinski definition) is 3. The van der Waals surface area contributed by atoms with Crippen LogP contribution in [0.15, 0.2) is 66.0 Å². The third-order valence-corrected chi connectivity index (χ3v) is 5.61. The second-order valence-electron chi connectivity index (χ2n) is 7.13. The number of aryl methyl sites for hydroxylation is 1. The molecule has 0 bridgehead atoms. The van der Waals surface area contributed by atoms with Crippen LogP contribution in [0.25, 0.3) is 0 Å². The Morgan fingerprint density at radius 2 is 1.55 bits per heavy atom. The minimum absolute atomic E-state index is 0.0639. The van der Waals surface area contributed by atoms with Gasteiger partial charge in [0.05, 0.1) is 4.88 Å². The highest BCUT2D eigenvalue weighted by atomic mass is 32.1. The monoisotopic (exact) mass is 408 g/mol. The number of thiophene rings is 1. The highest BCUT2D eigenvalue weighted by Crippen LogP contribution is 2.23. The summed E-state index contributed by atoms with van der Waals surface area (Å²) in [5.74, 6) is -0.188. The molecule has 2 atom stereocenters. The topological polar surface area (TPSA) is 74.8 Å². The Balaban J connectivity index is 1.69. The number of carbonyl (C=O) groups excluding carboxylic acids is 2. The lowest BCUT2D eigenvalue weighted by Crippen LogP contribution is -2.92. The lowest BCUT2D eigenvalue weighted by molar-refractivity contribution is -0.703. The summed E-state index contributed by atoms with van der Waals surface area (Å²) in [6.45, 7) is 5.45. The quantitative estimate of drug-likeness (QED) is 0.558. The third-order valence-electron chi connectivity index (χ3n) is 4.65. The van der Waals surface area contributed by atoms with Gasteiger partial charge in [0, 0.05) is 23.9 Å². The van der Waals surface area contributed by atoms with E-state index in [1.54, 1.807) is 35.6 Å². The molecule has 0 saturated carbocycles. The Labute approximate surface area is 175 Å². The molecule has 2 aromatic carbocycles. The minimum atomic E-state index is -0.279. The van der Waals surface area contributed by atoms with E-state index in [0.29, 0.717) is 11.4 Å². The predicted octanol–water partition coefficient (Wildman–Crippen LogP) is 3.69. The SMILES string of the molecule is CC(=O)Nc1ccc(NC(=O)[C@@H](C)[NH2+][C@@H](c2ccc(C)cc2)c2cccs2)cc1. The van der Waals surface area contributed by atoms with Crippen molar-refractivity contribution in [2.24, 2.45) is 0 Å². The fraction of sp³-hybridized carbons (Fsp3) is 0.217. The van der Waals surface area contributed by atoms with Crippen molar-refractivity contribution in [2.75, 3.05) is 10.6 Å². The second kappa shape index (κ2) is 9.49. The van der Waals surface area contributed by atoms with Crippen LogP contribution < -0.4 is 16.0 Å². The second-order valence-corrected chi connectivity index (χ2v) is 8.11. The van der Waals surface area contributed by atoms with Crippen LogP contribution in [0, 0.1) is 6.92 Å². The minimum Gasteiger partial charge on any atom is -0.326 e. The smallest absolute Gasteiger partial charge is 0.282 e. The highest BCUT2D eigenvalue weighted by molar-refractivity contribution is 7.10. The number of nitrogens with two attached hydrogens (primary N) is 1. The van der Waals surface area contributed by atoms with Crippen molar-refractivity contribution in [1.29, 1.82) is 0 Å². The zero-order valence-electron chi connectivity index (χ0n) is 16.8. The molecular formula is C23H26N3O2S+. The molecule has 3 aromatic rings. The normalized spacial score (nSPS) is 12.8. The van der Waals surface area contributed by atoms with Gasteiger partial charge in [0.15, 0.2) is 6.04 Å². The van der Waals surface area contributed by atoms with Crippen LogP contribution in [0.1, 0.15) is 35.9 Å². The van der Waals surface area contributed by atoms with Crippen molar-refractivity contribution in [3.05, 3.63) is 82.0 Å². The van der Waals surface area contributed by atoms with Crippen LogP contribution in [0.2, 0.25) is 0 Å². The summed E-state index contributed by atoms with van der Waals surface area (Å²) in [4.78, 5) is 25.1. The number of benzene rings is 2. The van der Waals surface area contributed by atoms with Gasteiger partial charge in [0.1, 0.15) is 6.04 Å². The zero-order chi connectivity index (χ0) is 20.8. The number of quaternary nitrogens is 1. The Hall–Kier alpha value is -2.96. The van der Waals surface area contributed by atoms with Gasteiger partial charge in [-0.2, -0.15) is 0 Å². The van der Waals surface area contributed by atoms with E-state index in [0.717, 1.165) is 0 Å². The molecule has 0 aliphatic rings. The van der Waals surface area contributed by atoms with Crippen LogP contribution in [-0.2, 0) is 9.59 Å². The Kier molecular flexibility index (Phi) is 6.80. The number of carbonyl (C=O) groups is 2. The standard InChI is InChI=1S/C23H25N3O2S/c1-15-6-8-18(9-7-15)22(21-5-4-14-29-21)24-16(2)23(28)26-20-12-10-19(11-13-20)25-17(3)27/h4-14,16,22,24H,1-3H3,(H,25,27)(H,26,28)/p+1/t16-,22+/m1/s1. The van der Waals surface area contributed by atoms with Crippen molar-refractivity contribution < 1.29 is 14.9 Å². The van der Waals surface area contributed by atoms with Gasteiger partial charge >= 0.3 is 0 Å². The van der Waals surface area contributed by atoms with Crippen molar-refractivity contribution in [3.63, 3.8) is 0 Å². The summed E-state index contributed by atoms with van der Waals surface area (Å²) >= 11 is 1.70. The van der Waals surface area contributed by atoms with E-state index >= 15 is 0 Å².